The molecule has 40 heavy (non-hydrogen) atoms. The van der Waals surface area contributed by atoms with E-state index in [2.05, 4.69) is 15.5 Å². The van der Waals surface area contributed by atoms with Gasteiger partial charge >= 0.3 is 0 Å². The minimum absolute atomic E-state index is 0.223. The van der Waals surface area contributed by atoms with Crippen molar-refractivity contribution in [2.24, 2.45) is 0 Å². The predicted octanol–water partition coefficient (Wildman–Crippen LogP) is 5.26. The number of aryl methyl sites for hydroxylation is 1. The lowest BCUT2D eigenvalue weighted by Crippen LogP contribution is -2.37. The van der Waals surface area contributed by atoms with Gasteiger partial charge in [0.25, 0.3) is 5.91 Å². The number of nitrogens with zero attached hydrogens (tertiary/aromatic N) is 4. The molecule has 2 amide bonds. The molecular weight excluding hydrogens is 504 g/mol. The second-order valence-electron chi connectivity index (χ2n) is 10.2. The monoisotopic (exact) mass is 540 g/mol. The standard InChI is InChI=1S/C31H36N6O3/c1-40-22-28-15-9-17-36(28)29(38)16-7-2-4-12-26-21-37(27-13-5-3-6-14-27)31(34-26)35-30(39)24-11-8-10-23(18-24)25-19-32-33-20-25/h3,5-6,8,10-11,13-14,18-21,28H,2,4,7,9,12,15-17,22H2,1H3,(H,32,33)(H,34,35,39)/t28-/m0/s1. The van der Waals surface area contributed by atoms with Gasteiger partial charge in [0.15, 0.2) is 0 Å². The van der Waals surface area contributed by atoms with Crippen LogP contribution >= 0.6 is 0 Å². The average Bonchev–Trinajstić information content (AvgIpc) is 3.75. The lowest BCUT2D eigenvalue weighted by molar-refractivity contribution is -0.133. The molecule has 0 radical (unpaired) electrons. The number of amides is 2. The zero-order valence-electron chi connectivity index (χ0n) is 22.9. The second-order valence-corrected chi connectivity index (χ2v) is 10.2. The van der Waals surface area contributed by atoms with Crippen LogP contribution in [0.15, 0.2) is 73.2 Å². The topological polar surface area (TPSA) is 105 Å². The first-order valence-corrected chi connectivity index (χ1v) is 13.9. The quantitative estimate of drug-likeness (QED) is 0.239. The molecule has 1 atom stereocenters. The molecule has 2 aromatic heterocycles. The Morgan fingerprint density at radius 3 is 2.75 bits per heavy atom. The number of rotatable bonds is 12. The lowest BCUT2D eigenvalue weighted by Gasteiger charge is -2.24. The highest BCUT2D eigenvalue weighted by Gasteiger charge is 2.27. The Morgan fingerprint density at radius 2 is 1.95 bits per heavy atom. The minimum atomic E-state index is -0.230. The molecule has 0 bridgehead atoms. The molecule has 0 aliphatic carbocycles. The number of methoxy groups -OCH3 is 1. The summed E-state index contributed by atoms with van der Waals surface area (Å²) in [5.74, 6) is 0.481. The van der Waals surface area contributed by atoms with E-state index in [9.17, 15) is 9.59 Å². The number of imidazole rings is 1. The molecule has 1 saturated heterocycles. The normalized spacial score (nSPS) is 14.9. The molecule has 0 spiro atoms. The number of nitrogens with one attached hydrogen (secondary N) is 2. The second kappa shape index (κ2) is 13.2. The van der Waals surface area contributed by atoms with Crippen LogP contribution in [0.1, 0.15) is 54.6 Å². The summed E-state index contributed by atoms with van der Waals surface area (Å²) in [6, 6.07) is 17.5. The zero-order chi connectivity index (χ0) is 27.7. The van der Waals surface area contributed by atoms with Gasteiger partial charge in [0.2, 0.25) is 11.9 Å². The van der Waals surface area contributed by atoms with Gasteiger partial charge in [-0.15, -0.1) is 0 Å². The molecular formula is C31H36N6O3. The molecule has 208 valence electrons. The Balaban J connectivity index is 1.21. The maximum atomic E-state index is 13.2. The first kappa shape index (κ1) is 27.3. The van der Waals surface area contributed by atoms with Crippen LogP contribution < -0.4 is 5.32 Å². The van der Waals surface area contributed by atoms with Gasteiger partial charge in [0.05, 0.1) is 24.5 Å². The number of hydrogen-bond donors (Lipinski definition) is 2. The Labute approximate surface area is 234 Å². The number of carbonyl (C=O) groups is 2. The van der Waals surface area contributed by atoms with Gasteiger partial charge in [-0.2, -0.15) is 5.10 Å². The number of H-pyrrole nitrogens is 1. The van der Waals surface area contributed by atoms with Gasteiger partial charge < -0.3 is 9.64 Å². The van der Waals surface area contributed by atoms with Crippen molar-refractivity contribution in [2.45, 2.75) is 51.0 Å². The highest BCUT2D eigenvalue weighted by Crippen LogP contribution is 2.23. The molecule has 2 aromatic carbocycles. The highest BCUT2D eigenvalue weighted by atomic mass is 16.5. The van der Waals surface area contributed by atoms with Gasteiger partial charge in [0.1, 0.15) is 0 Å². The fourth-order valence-electron chi connectivity index (χ4n) is 5.28. The van der Waals surface area contributed by atoms with Crippen LogP contribution in [-0.4, -0.2) is 62.8 Å². The molecule has 9 heteroatoms. The van der Waals surface area contributed by atoms with Crippen LogP contribution in [0.4, 0.5) is 5.95 Å². The first-order chi connectivity index (χ1) is 19.6. The molecule has 1 aliphatic heterocycles. The van der Waals surface area contributed by atoms with Gasteiger partial charge in [-0.3, -0.25) is 24.6 Å². The number of unbranched alkanes of at least 4 members (excludes halogenated alkanes) is 2. The van der Waals surface area contributed by atoms with E-state index in [1.54, 1.807) is 25.6 Å². The van der Waals surface area contributed by atoms with E-state index in [0.29, 0.717) is 24.5 Å². The molecule has 3 heterocycles. The van der Waals surface area contributed by atoms with Gasteiger partial charge in [-0.25, -0.2) is 4.98 Å². The van der Waals surface area contributed by atoms with Crippen molar-refractivity contribution in [3.8, 4) is 16.8 Å². The molecule has 1 fully saturated rings. The van der Waals surface area contributed by atoms with Gasteiger partial charge in [-0.1, -0.05) is 36.8 Å². The number of aromatic amines is 1. The Hall–Kier alpha value is -4.24. The molecule has 0 saturated carbocycles. The summed E-state index contributed by atoms with van der Waals surface area (Å²) >= 11 is 0. The van der Waals surface area contributed by atoms with Gasteiger partial charge in [-0.05, 0) is 61.9 Å². The highest BCUT2D eigenvalue weighted by molar-refractivity contribution is 6.04. The van der Waals surface area contributed by atoms with Crippen LogP contribution in [0.5, 0.6) is 0 Å². The smallest absolute Gasteiger partial charge is 0.258 e. The summed E-state index contributed by atoms with van der Waals surface area (Å²) in [5, 5.41) is 9.82. The minimum Gasteiger partial charge on any atom is -0.383 e. The number of ether oxygens (including phenoxy) is 1. The lowest BCUT2D eigenvalue weighted by atomic mass is 10.1. The van der Waals surface area contributed by atoms with E-state index in [-0.39, 0.29) is 17.9 Å². The summed E-state index contributed by atoms with van der Waals surface area (Å²) in [6.07, 6.45) is 11.6. The zero-order valence-corrected chi connectivity index (χ0v) is 22.9. The molecule has 1 aliphatic rings. The summed E-state index contributed by atoms with van der Waals surface area (Å²) in [5.41, 5.74) is 4.19. The Kier molecular flexibility index (Phi) is 9.03. The summed E-state index contributed by atoms with van der Waals surface area (Å²) in [7, 11) is 1.69. The van der Waals surface area contributed by atoms with Crippen molar-refractivity contribution in [1.29, 1.82) is 0 Å². The number of hydrogen-bond acceptors (Lipinski definition) is 5. The van der Waals surface area contributed by atoms with Crippen molar-refractivity contribution in [3.63, 3.8) is 0 Å². The number of aromatic nitrogens is 4. The summed E-state index contributed by atoms with van der Waals surface area (Å²) in [4.78, 5) is 32.7. The fraction of sp³-hybridized carbons (Fsp3) is 0.355. The van der Waals surface area contributed by atoms with E-state index in [1.165, 1.54) is 0 Å². The van der Waals surface area contributed by atoms with E-state index >= 15 is 0 Å². The molecule has 4 aromatic rings. The van der Waals surface area contributed by atoms with Crippen LogP contribution in [0, 0.1) is 0 Å². The van der Waals surface area contributed by atoms with E-state index in [0.717, 1.165) is 67.6 Å². The van der Waals surface area contributed by atoms with Crippen LogP contribution in [0.25, 0.3) is 16.8 Å². The number of para-hydroxylation sites is 1. The third-order valence-electron chi connectivity index (χ3n) is 7.35. The third-order valence-corrected chi connectivity index (χ3v) is 7.35. The Morgan fingerprint density at radius 1 is 1.07 bits per heavy atom. The van der Waals surface area contributed by atoms with E-state index < -0.39 is 0 Å². The largest absolute Gasteiger partial charge is 0.383 e. The van der Waals surface area contributed by atoms with Crippen LogP contribution in [-0.2, 0) is 16.0 Å². The number of benzene rings is 2. The number of anilines is 1. The van der Waals surface area contributed by atoms with Crippen molar-refractivity contribution in [1.82, 2.24) is 24.6 Å². The van der Waals surface area contributed by atoms with Crippen molar-refractivity contribution < 1.29 is 14.3 Å². The van der Waals surface area contributed by atoms with E-state index in [1.807, 2.05) is 64.2 Å². The predicted molar refractivity (Wildman–Crippen MR) is 154 cm³/mol. The van der Waals surface area contributed by atoms with E-state index in [4.69, 9.17) is 9.72 Å². The average molecular weight is 541 g/mol. The van der Waals surface area contributed by atoms with Crippen LogP contribution in [0.3, 0.4) is 0 Å². The summed E-state index contributed by atoms with van der Waals surface area (Å²) < 4.78 is 7.20. The molecule has 9 nitrogen and oxygen atoms in total. The molecule has 2 N–H and O–H groups in total. The van der Waals surface area contributed by atoms with Crippen molar-refractivity contribution >= 4 is 17.8 Å². The van der Waals surface area contributed by atoms with Crippen molar-refractivity contribution in [2.75, 3.05) is 25.6 Å². The SMILES string of the molecule is COC[C@@H]1CCCN1C(=O)CCCCCc1cn(-c2ccccc2)c(NC(=O)c2cccc(-c3cn[nH]c3)c2)n1. The third kappa shape index (κ3) is 6.66. The van der Waals surface area contributed by atoms with Gasteiger partial charge in [0, 0.05) is 49.3 Å². The Bertz CT molecular complexity index is 1400. The number of carbonyl (C=O) groups excluding carboxylic acids is 2. The van der Waals surface area contributed by atoms with Crippen molar-refractivity contribution in [3.05, 3.63) is 84.4 Å². The summed E-state index contributed by atoms with van der Waals surface area (Å²) in [6.45, 7) is 1.45. The van der Waals surface area contributed by atoms with Crippen LogP contribution in [0.2, 0.25) is 0 Å². The molecule has 5 rings (SSSR count). The molecule has 0 unspecified atom stereocenters. The maximum absolute atomic E-state index is 13.2. The maximum Gasteiger partial charge on any atom is 0.258 e. The number of likely N-dealkylation sites (tertiary alicyclic amines) is 1. The fourth-order valence-corrected chi connectivity index (χ4v) is 5.28. The first-order valence-electron chi connectivity index (χ1n) is 13.9.